The number of hydrogen-bond acceptors (Lipinski definition) is 3. The van der Waals surface area contributed by atoms with Gasteiger partial charge in [-0.15, -0.1) is 0 Å². The average molecular weight is 256 g/mol. The summed E-state index contributed by atoms with van der Waals surface area (Å²) in [7, 11) is 0.602. The molecule has 0 unspecified atom stereocenters. The van der Waals surface area contributed by atoms with Crippen LogP contribution in [-0.2, 0) is 15.8 Å². The van der Waals surface area contributed by atoms with Crippen molar-refractivity contribution in [1.29, 1.82) is 0 Å². The van der Waals surface area contributed by atoms with Crippen LogP contribution >= 0.6 is 0 Å². The van der Waals surface area contributed by atoms with Crippen molar-refractivity contribution < 1.29 is 8.42 Å². The highest BCUT2D eigenvalue weighted by Crippen LogP contribution is 2.06. The van der Waals surface area contributed by atoms with Crippen molar-refractivity contribution in [3.05, 3.63) is 35.4 Å². The van der Waals surface area contributed by atoms with Crippen LogP contribution in [0.2, 0.25) is 0 Å². The van der Waals surface area contributed by atoms with Crippen molar-refractivity contribution in [3.8, 4) is 0 Å². The maximum absolute atomic E-state index is 11.7. The van der Waals surface area contributed by atoms with Gasteiger partial charge in [-0.1, -0.05) is 29.8 Å². The van der Waals surface area contributed by atoms with Crippen LogP contribution in [-0.4, -0.2) is 40.5 Å². The first-order valence-corrected chi connectivity index (χ1v) is 7.22. The number of rotatable bonds is 6. The van der Waals surface area contributed by atoms with Gasteiger partial charge in [0.1, 0.15) is 0 Å². The third kappa shape index (κ3) is 5.81. The number of sulfonamides is 1. The van der Waals surface area contributed by atoms with Crippen LogP contribution in [0.15, 0.2) is 24.3 Å². The molecule has 1 aromatic carbocycles. The Balaban J connectivity index is 2.52. The number of hydrogen-bond donors (Lipinski definition) is 1. The molecule has 0 aromatic heterocycles. The molecule has 0 spiro atoms. The quantitative estimate of drug-likeness (QED) is 0.825. The highest BCUT2D eigenvalue weighted by Gasteiger charge is 2.10. The van der Waals surface area contributed by atoms with Gasteiger partial charge in [-0.3, -0.25) is 0 Å². The molecule has 0 radical (unpaired) electrons. The van der Waals surface area contributed by atoms with Crippen LogP contribution in [0.3, 0.4) is 0 Å². The van der Waals surface area contributed by atoms with Gasteiger partial charge in [0.05, 0.1) is 5.75 Å². The molecule has 0 atom stereocenters. The Hall–Kier alpha value is -0.910. The van der Waals surface area contributed by atoms with Crippen LogP contribution in [0, 0.1) is 6.92 Å². The summed E-state index contributed by atoms with van der Waals surface area (Å²) in [4.78, 5) is 1.94. The molecule has 4 nitrogen and oxygen atoms in total. The van der Waals surface area contributed by atoms with Crippen LogP contribution in [0.4, 0.5) is 0 Å². The molecule has 5 heteroatoms. The summed E-state index contributed by atoms with van der Waals surface area (Å²) in [5.74, 6) is 0.0424. The lowest BCUT2D eigenvalue weighted by atomic mass is 10.2. The van der Waals surface area contributed by atoms with Crippen molar-refractivity contribution in [1.82, 2.24) is 9.62 Å². The minimum atomic E-state index is -3.22. The first-order valence-electron chi connectivity index (χ1n) is 5.57. The Bertz CT molecular complexity index is 438. The van der Waals surface area contributed by atoms with E-state index in [4.69, 9.17) is 0 Å². The SMILES string of the molecule is Cc1ccc(CS(=O)(=O)NCCN(C)C)cc1. The van der Waals surface area contributed by atoms with E-state index in [1.807, 2.05) is 50.2 Å². The zero-order valence-corrected chi connectivity index (χ0v) is 11.4. The summed E-state index contributed by atoms with van der Waals surface area (Å²) in [6.45, 7) is 3.13. The predicted molar refractivity (Wildman–Crippen MR) is 70.4 cm³/mol. The van der Waals surface area contributed by atoms with E-state index in [1.165, 1.54) is 0 Å². The van der Waals surface area contributed by atoms with Crippen LogP contribution < -0.4 is 4.72 Å². The standard InChI is InChI=1S/C12H20N2O2S/c1-11-4-6-12(7-5-11)10-17(15,16)13-8-9-14(2)3/h4-7,13H,8-10H2,1-3H3. The van der Waals surface area contributed by atoms with Crippen molar-refractivity contribution in [3.63, 3.8) is 0 Å². The molecule has 0 saturated carbocycles. The Morgan fingerprint density at radius 2 is 1.76 bits per heavy atom. The molecule has 0 aliphatic carbocycles. The molecule has 96 valence electrons. The predicted octanol–water partition coefficient (Wildman–Crippen LogP) is 0.976. The minimum Gasteiger partial charge on any atom is -0.308 e. The Labute approximate surface area is 104 Å². The van der Waals surface area contributed by atoms with Gasteiger partial charge in [-0.25, -0.2) is 13.1 Å². The zero-order chi connectivity index (χ0) is 12.9. The normalized spacial score (nSPS) is 12.0. The van der Waals surface area contributed by atoms with Gasteiger partial charge in [0, 0.05) is 13.1 Å². The Morgan fingerprint density at radius 1 is 1.18 bits per heavy atom. The second-order valence-electron chi connectivity index (χ2n) is 4.44. The third-order valence-corrected chi connectivity index (χ3v) is 3.72. The molecule has 0 amide bonds. The van der Waals surface area contributed by atoms with E-state index in [-0.39, 0.29) is 5.75 Å². The summed E-state index contributed by atoms with van der Waals surface area (Å²) in [6, 6.07) is 7.54. The van der Waals surface area contributed by atoms with Gasteiger partial charge in [0.2, 0.25) is 10.0 Å². The fourth-order valence-electron chi connectivity index (χ4n) is 1.38. The maximum atomic E-state index is 11.7. The average Bonchev–Trinajstić information content (AvgIpc) is 2.20. The molecule has 0 heterocycles. The second-order valence-corrected chi connectivity index (χ2v) is 6.25. The van der Waals surface area contributed by atoms with Crippen molar-refractivity contribution in [2.24, 2.45) is 0 Å². The number of nitrogens with one attached hydrogen (secondary N) is 1. The van der Waals surface area contributed by atoms with E-state index < -0.39 is 10.0 Å². The molecule has 0 aliphatic rings. The fourth-order valence-corrected chi connectivity index (χ4v) is 2.52. The van der Waals surface area contributed by atoms with Crippen LogP contribution in [0.5, 0.6) is 0 Å². The van der Waals surface area contributed by atoms with Crippen LogP contribution in [0.1, 0.15) is 11.1 Å². The lowest BCUT2D eigenvalue weighted by Crippen LogP contribution is -2.32. The minimum absolute atomic E-state index is 0.0424. The molecular weight excluding hydrogens is 236 g/mol. The van der Waals surface area contributed by atoms with E-state index in [9.17, 15) is 8.42 Å². The number of likely N-dealkylation sites (N-methyl/N-ethyl adjacent to an activating group) is 1. The van der Waals surface area contributed by atoms with E-state index >= 15 is 0 Å². The van der Waals surface area contributed by atoms with Gasteiger partial charge in [-0.05, 0) is 26.6 Å². The van der Waals surface area contributed by atoms with Gasteiger partial charge in [0.25, 0.3) is 0 Å². The summed E-state index contributed by atoms with van der Waals surface area (Å²) >= 11 is 0. The van der Waals surface area contributed by atoms with Gasteiger partial charge in [-0.2, -0.15) is 0 Å². The molecule has 0 saturated heterocycles. The summed E-state index contributed by atoms with van der Waals surface area (Å²) < 4.78 is 26.1. The molecule has 0 fully saturated rings. The van der Waals surface area contributed by atoms with Gasteiger partial charge in [0.15, 0.2) is 0 Å². The molecule has 0 aliphatic heterocycles. The highest BCUT2D eigenvalue weighted by molar-refractivity contribution is 7.88. The fraction of sp³-hybridized carbons (Fsp3) is 0.500. The largest absolute Gasteiger partial charge is 0.308 e. The number of aryl methyl sites for hydroxylation is 1. The molecule has 17 heavy (non-hydrogen) atoms. The first kappa shape index (κ1) is 14.2. The monoisotopic (exact) mass is 256 g/mol. The van der Waals surface area contributed by atoms with Gasteiger partial charge >= 0.3 is 0 Å². The summed E-state index contributed by atoms with van der Waals surface area (Å²) in [5.41, 5.74) is 1.94. The second kappa shape index (κ2) is 6.14. The molecule has 1 rings (SSSR count). The number of nitrogens with zero attached hydrogens (tertiary/aromatic N) is 1. The molecule has 1 N–H and O–H groups in total. The van der Waals surface area contributed by atoms with Crippen molar-refractivity contribution >= 4 is 10.0 Å². The molecule has 1 aromatic rings. The Kier molecular flexibility index (Phi) is 5.11. The molecular formula is C12H20N2O2S. The molecule has 0 bridgehead atoms. The van der Waals surface area contributed by atoms with Crippen molar-refractivity contribution in [2.75, 3.05) is 27.2 Å². The van der Waals surface area contributed by atoms with Crippen LogP contribution in [0.25, 0.3) is 0 Å². The highest BCUT2D eigenvalue weighted by atomic mass is 32.2. The lowest BCUT2D eigenvalue weighted by molar-refractivity contribution is 0.412. The summed E-state index contributed by atoms with van der Waals surface area (Å²) in [6.07, 6.45) is 0. The van der Waals surface area contributed by atoms with E-state index in [2.05, 4.69) is 4.72 Å². The Morgan fingerprint density at radius 3 is 2.29 bits per heavy atom. The topological polar surface area (TPSA) is 49.4 Å². The number of benzene rings is 1. The van der Waals surface area contributed by atoms with E-state index in [1.54, 1.807) is 0 Å². The van der Waals surface area contributed by atoms with E-state index in [0.29, 0.717) is 13.1 Å². The summed E-state index contributed by atoms with van der Waals surface area (Å²) in [5, 5.41) is 0. The smallest absolute Gasteiger partial charge is 0.215 e. The maximum Gasteiger partial charge on any atom is 0.215 e. The third-order valence-electron chi connectivity index (χ3n) is 2.36. The lowest BCUT2D eigenvalue weighted by Gasteiger charge is -2.11. The van der Waals surface area contributed by atoms with Gasteiger partial charge < -0.3 is 4.90 Å². The zero-order valence-electron chi connectivity index (χ0n) is 10.6. The van der Waals surface area contributed by atoms with Crippen molar-refractivity contribution in [2.45, 2.75) is 12.7 Å². The van der Waals surface area contributed by atoms with E-state index in [0.717, 1.165) is 11.1 Å². The first-order chi connectivity index (χ1) is 7.89.